The molecule has 0 bridgehead atoms. The van der Waals surface area contributed by atoms with Gasteiger partial charge in [-0.3, -0.25) is 9.97 Å². The van der Waals surface area contributed by atoms with Crippen molar-refractivity contribution in [1.82, 2.24) is 14.5 Å². The molecule has 1 N–H and O–H groups in total. The molecule has 5 heteroatoms. The molecular formula is C42H28N3OPt-. The Kier molecular flexibility index (Phi) is 8.35. The number of pyridine rings is 1. The molecule has 2 aromatic heterocycles. The molecule has 0 fully saturated rings. The van der Waals surface area contributed by atoms with E-state index in [2.05, 4.69) is 108 Å². The fraction of sp³-hybridized carbons (Fsp3) is 0. The van der Waals surface area contributed by atoms with Crippen molar-refractivity contribution < 1.29 is 26.2 Å². The number of phenols is 1. The van der Waals surface area contributed by atoms with Crippen LogP contribution in [0.25, 0.3) is 72.6 Å². The molecule has 0 spiro atoms. The summed E-state index contributed by atoms with van der Waals surface area (Å²) in [5.74, 6) is 0.948. The van der Waals surface area contributed by atoms with Crippen molar-refractivity contribution in [1.29, 1.82) is 0 Å². The van der Waals surface area contributed by atoms with E-state index in [9.17, 15) is 5.11 Å². The summed E-state index contributed by atoms with van der Waals surface area (Å²) in [6.45, 7) is 0. The van der Waals surface area contributed by atoms with E-state index in [-0.39, 0.29) is 26.8 Å². The third kappa shape index (κ3) is 5.69. The number of hydrogen-bond acceptors (Lipinski definition) is 3. The van der Waals surface area contributed by atoms with Crippen LogP contribution in [0.1, 0.15) is 0 Å². The van der Waals surface area contributed by atoms with Gasteiger partial charge in [-0.2, -0.15) is 0 Å². The van der Waals surface area contributed by atoms with E-state index in [0.717, 1.165) is 72.6 Å². The van der Waals surface area contributed by atoms with Gasteiger partial charge in [-0.1, -0.05) is 127 Å². The average molecular weight is 786 g/mol. The predicted octanol–water partition coefficient (Wildman–Crippen LogP) is 10.3. The molecule has 0 aliphatic heterocycles. The predicted molar refractivity (Wildman–Crippen MR) is 187 cm³/mol. The molecule has 0 aliphatic carbocycles. The molecule has 8 aromatic rings. The van der Waals surface area contributed by atoms with Crippen molar-refractivity contribution in [2.45, 2.75) is 0 Å². The third-order valence-electron chi connectivity index (χ3n) is 8.29. The minimum atomic E-state index is 0. The van der Waals surface area contributed by atoms with Gasteiger partial charge in [0.1, 0.15) is 0 Å². The summed E-state index contributed by atoms with van der Waals surface area (Å²) in [4.78, 5) is 10.1. The Morgan fingerprint density at radius 2 is 1.11 bits per heavy atom. The Morgan fingerprint density at radius 3 is 1.83 bits per heavy atom. The second-order valence-corrected chi connectivity index (χ2v) is 11.1. The van der Waals surface area contributed by atoms with Crippen molar-refractivity contribution in [3.63, 3.8) is 0 Å². The molecule has 0 amide bonds. The van der Waals surface area contributed by atoms with E-state index in [1.165, 1.54) is 0 Å². The van der Waals surface area contributed by atoms with Crippen LogP contribution >= 0.6 is 0 Å². The van der Waals surface area contributed by atoms with Gasteiger partial charge in [-0.15, -0.1) is 29.8 Å². The van der Waals surface area contributed by atoms with Crippen molar-refractivity contribution in [2.24, 2.45) is 0 Å². The second kappa shape index (κ2) is 13.0. The summed E-state index contributed by atoms with van der Waals surface area (Å²) in [5, 5.41) is 11.7. The van der Waals surface area contributed by atoms with Crippen molar-refractivity contribution in [2.75, 3.05) is 0 Å². The van der Waals surface area contributed by atoms with E-state index in [0.29, 0.717) is 0 Å². The van der Waals surface area contributed by atoms with Gasteiger partial charge < -0.3 is 9.67 Å². The molecule has 0 aliphatic rings. The van der Waals surface area contributed by atoms with Crippen molar-refractivity contribution >= 4 is 10.9 Å². The maximum absolute atomic E-state index is 10.7. The van der Waals surface area contributed by atoms with Crippen LogP contribution in [0.15, 0.2) is 164 Å². The van der Waals surface area contributed by atoms with Crippen molar-refractivity contribution in [3.8, 4) is 67.5 Å². The normalized spacial score (nSPS) is 10.9. The number of nitrogens with zero attached hydrogens (tertiary/aromatic N) is 3. The van der Waals surface area contributed by atoms with Crippen LogP contribution in [0.2, 0.25) is 0 Å². The number of fused-ring (bicyclic) bond motifs is 1. The number of imidazole rings is 1. The largest absolute Gasteiger partial charge is 0.515 e. The van der Waals surface area contributed by atoms with Gasteiger partial charge in [0.25, 0.3) is 0 Å². The summed E-state index contributed by atoms with van der Waals surface area (Å²) < 4.78 is 2.20. The van der Waals surface area contributed by atoms with Gasteiger partial charge in [0.2, 0.25) is 0 Å². The fourth-order valence-electron chi connectivity index (χ4n) is 6.14. The maximum Gasteiger partial charge on any atom is 0.0901 e. The first-order chi connectivity index (χ1) is 22.7. The SMILES string of the molecule is Oc1ccccc1-c1[c-]c(-c2nc(-c3cccc4cccnc34)cn2-c2c(-c3ccccc3)cccc2-c2ccccc2)ccc1.[Pt]. The summed E-state index contributed by atoms with van der Waals surface area (Å²) in [6.07, 6.45) is 3.94. The van der Waals surface area contributed by atoms with Gasteiger partial charge in [-0.05, 0) is 28.8 Å². The molecule has 0 saturated heterocycles. The van der Waals surface area contributed by atoms with Gasteiger partial charge in [0.05, 0.1) is 28.5 Å². The molecule has 0 saturated carbocycles. The maximum atomic E-state index is 10.7. The van der Waals surface area contributed by atoms with Crippen LogP contribution in [-0.2, 0) is 21.1 Å². The first-order valence-electron chi connectivity index (χ1n) is 15.2. The first-order valence-corrected chi connectivity index (χ1v) is 15.2. The third-order valence-corrected chi connectivity index (χ3v) is 8.29. The Labute approximate surface area is 287 Å². The number of phenolic OH excluding ortho intramolecular Hbond substituents is 1. The van der Waals surface area contributed by atoms with Crippen LogP contribution in [0.4, 0.5) is 0 Å². The molecule has 8 rings (SSSR count). The van der Waals surface area contributed by atoms with E-state index in [1.54, 1.807) is 6.07 Å². The number of benzene rings is 6. The minimum absolute atomic E-state index is 0. The number of aromatic nitrogens is 3. The molecule has 47 heavy (non-hydrogen) atoms. The summed E-state index contributed by atoms with van der Waals surface area (Å²) in [5.41, 5.74) is 10.4. The summed E-state index contributed by atoms with van der Waals surface area (Å²) in [7, 11) is 0. The zero-order valence-corrected chi connectivity index (χ0v) is 27.5. The topological polar surface area (TPSA) is 50.9 Å². The molecule has 4 nitrogen and oxygen atoms in total. The molecule has 228 valence electrons. The van der Waals surface area contributed by atoms with Crippen LogP contribution in [0, 0.1) is 6.07 Å². The van der Waals surface area contributed by atoms with Gasteiger partial charge >= 0.3 is 0 Å². The van der Waals surface area contributed by atoms with E-state index < -0.39 is 0 Å². The number of para-hydroxylation sites is 3. The quantitative estimate of drug-likeness (QED) is 0.171. The molecule has 0 atom stereocenters. The molecule has 0 radical (unpaired) electrons. The van der Waals surface area contributed by atoms with Gasteiger partial charge in [0.15, 0.2) is 0 Å². The molecule has 2 heterocycles. The second-order valence-electron chi connectivity index (χ2n) is 11.1. The Balaban J connectivity index is 0.00000351. The Morgan fingerprint density at radius 1 is 0.532 bits per heavy atom. The Bertz CT molecular complexity index is 2270. The van der Waals surface area contributed by atoms with Crippen LogP contribution in [0.5, 0.6) is 5.75 Å². The van der Waals surface area contributed by atoms with Crippen molar-refractivity contribution in [3.05, 3.63) is 170 Å². The number of rotatable bonds is 6. The minimum Gasteiger partial charge on any atom is -0.515 e. The monoisotopic (exact) mass is 785 g/mol. The summed E-state index contributed by atoms with van der Waals surface area (Å²) in [6, 6.07) is 54.5. The van der Waals surface area contributed by atoms with Crippen LogP contribution < -0.4 is 0 Å². The number of hydrogen-bond donors (Lipinski definition) is 1. The van der Waals surface area contributed by atoms with E-state index >= 15 is 0 Å². The van der Waals surface area contributed by atoms with Crippen LogP contribution in [-0.4, -0.2) is 19.6 Å². The van der Waals surface area contributed by atoms with E-state index in [4.69, 9.17) is 9.97 Å². The molecule has 0 unspecified atom stereocenters. The van der Waals surface area contributed by atoms with E-state index in [1.807, 2.05) is 60.8 Å². The van der Waals surface area contributed by atoms with Gasteiger partial charge in [0, 0.05) is 55.5 Å². The molecule has 6 aromatic carbocycles. The smallest absolute Gasteiger partial charge is 0.0901 e. The summed E-state index contributed by atoms with van der Waals surface area (Å²) >= 11 is 0. The average Bonchev–Trinajstić information content (AvgIpc) is 3.57. The Hall–Kier alpha value is -5.57. The van der Waals surface area contributed by atoms with Crippen LogP contribution in [0.3, 0.4) is 0 Å². The first kappa shape index (κ1) is 30.1. The molecular weight excluding hydrogens is 758 g/mol. The fourth-order valence-corrected chi connectivity index (χ4v) is 6.14. The number of aromatic hydroxyl groups is 1. The van der Waals surface area contributed by atoms with Gasteiger partial charge in [-0.25, -0.2) is 0 Å². The standard InChI is InChI=1S/C42H28N3O.Pt/c46-39-25-8-7-21-34(39)32-18-9-19-33(27-32)42-44-38(37-24-10-17-31-20-12-26-43-40(31)37)28-45(42)41-35(29-13-3-1-4-14-29)22-11-23-36(41)30-15-5-2-6-16-30;/h1-26,28,46H;/q-1;. The zero-order valence-electron chi connectivity index (χ0n) is 25.2. The zero-order chi connectivity index (χ0) is 30.9.